The molecule has 3 nitrogen and oxygen atoms in total. The second kappa shape index (κ2) is 6.59. The molecule has 3 N–H and O–H groups in total. The van der Waals surface area contributed by atoms with Crippen molar-refractivity contribution in [2.75, 3.05) is 5.32 Å². The van der Waals surface area contributed by atoms with E-state index in [0.29, 0.717) is 4.99 Å². The van der Waals surface area contributed by atoms with Gasteiger partial charge in [0.15, 0.2) is 0 Å². The Bertz CT molecular complexity index is 636. The van der Waals surface area contributed by atoms with E-state index < -0.39 is 0 Å². The summed E-state index contributed by atoms with van der Waals surface area (Å²) in [5, 5.41) is 3.38. The highest BCUT2D eigenvalue weighted by Gasteiger charge is 2.08. The van der Waals surface area contributed by atoms with Gasteiger partial charge in [-0.25, -0.2) is 0 Å². The normalized spacial score (nSPS) is 10.5. The molecule has 0 aromatic heterocycles. The van der Waals surface area contributed by atoms with Gasteiger partial charge < -0.3 is 15.8 Å². The van der Waals surface area contributed by atoms with Gasteiger partial charge in [0.25, 0.3) is 0 Å². The maximum Gasteiger partial charge on any atom is 0.119 e. The quantitative estimate of drug-likeness (QED) is 0.814. The molecule has 2 aromatic rings. The van der Waals surface area contributed by atoms with Crippen LogP contribution >= 0.6 is 12.2 Å². The minimum absolute atomic E-state index is 0.168. The SMILES string of the molecule is Cc1cccc(C(N)=S)c1Nc1ccc(OC(C)C)cc1. The number of hydrogen-bond donors (Lipinski definition) is 2. The molecule has 2 aromatic carbocycles. The zero-order valence-electron chi connectivity index (χ0n) is 12.5. The summed E-state index contributed by atoms with van der Waals surface area (Å²) in [4.78, 5) is 0.390. The molecule has 21 heavy (non-hydrogen) atoms. The van der Waals surface area contributed by atoms with Crippen molar-refractivity contribution in [1.82, 2.24) is 0 Å². The van der Waals surface area contributed by atoms with Crippen LogP contribution in [0.15, 0.2) is 42.5 Å². The fraction of sp³-hybridized carbons (Fsp3) is 0.235. The van der Waals surface area contributed by atoms with Crippen molar-refractivity contribution >= 4 is 28.6 Å². The first-order valence-electron chi connectivity index (χ1n) is 6.90. The number of hydrogen-bond acceptors (Lipinski definition) is 3. The van der Waals surface area contributed by atoms with Gasteiger partial charge in [-0.05, 0) is 56.7 Å². The van der Waals surface area contributed by atoms with E-state index >= 15 is 0 Å². The number of benzene rings is 2. The number of ether oxygens (including phenoxy) is 1. The van der Waals surface area contributed by atoms with Crippen LogP contribution in [0.5, 0.6) is 5.75 Å². The van der Waals surface area contributed by atoms with E-state index in [1.54, 1.807) is 0 Å². The number of thiocarbonyl (C=S) groups is 1. The Balaban J connectivity index is 2.24. The molecular weight excluding hydrogens is 280 g/mol. The van der Waals surface area contributed by atoms with Gasteiger partial charge in [-0.15, -0.1) is 0 Å². The molecule has 0 radical (unpaired) electrons. The van der Waals surface area contributed by atoms with Crippen molar-refractivity contribution in [3.8, 4) is 5.75 Å². The number of nitrogens with one attached hydrogen (secondary N) is 1. The Morgan fingerprint density at radius 2 is 1.81 bits per heavy atom. The molecule has 0 amide bonds. The molecule has 4 heteroatoms. The summed E-state index contributed by atoms with van der Waals surface area (Å²) < 4.78 is 5.64. The van der Waals surface area contributed by atoms with Gasteiger partial charge in [-0.1, -0.05) is 24.4 Å². The van der Waals surface area contributed by atoms with Crippen LogP contribution in [-0.4, -0.2) is 11.1 Å². The number of para-hydroxylation sites is 1. The monoisotopic (exact) mass is 300 g/mol. The molecule has 0 heterocycles. The molecule has 0 saturated carbocycles. The summed E-state index contributed by atoms with van der Waals surface area (Å²) >= 11 is 5.11. The predicted molar refractivity (Wildman–Crippen MR) is 92.6 cm³/mol. The van der Waals surface area contributed by atoms with Gasteiger partial charge in [-0.2, -0.15) is 0 Å². The third-order valence-corrected chi connectivity index (χ3v) is 3.25. The van der Waals surface area contributed by atoms with Crippen molar-refractivity contribution in [3.63, 3.8) is 0 Å². The lowest BCUT2D eigenvalue weighted by atomic mass is 10.1. The first-order chi connectivity index (χ1) is 9.97. The lowest BCUT2D eigenvalue weighted by Gasteiger charge is -2.15. The molecule has 0 fully saturated rings. The standard InChI is InChI=1S/C17H20N2OS/c1-11(2)20-14-9-7-13(8-10-14)19-16-12(3)5-4-6-15(16)17(18)21/h4-11,19H,1-3H3,(H2,18,21). The van der Waals surface area contributed by atoms with Crippen LogP contribution in [-0.2, 0) is 0 Å². The van der Waals surface area contributed by atoms with Crippen LogP contribution in [0.4, 0.5) is 11.4 Å². The lowest BCUT2D eigenvalue weighted by molar-refractivity contribution is 0.242. The molecular formula is C17H20N2OS. The van der Waals surface area contributed by atoms with Crippen molar-refractivity contribution in [3.05, 3.63) is 53.6 Å². The minimum Gasteiger partial charge on any atom is -0.491 e. The van der Waals surface area contributed by atoms with Gasteiger partial charge in [0, 0.05) is 11.3 Å². The third-order valence-electron chi connectivity index (χ3n) is 3.03. The van der Waals surface area contributed by atoms with Crippen LogP contribution in [0.1, 0.15) is 25.0 Å². The van der Waals surface area contributed by atoms with Crippen LogP contribution < -0.4 is 15.8 Å². The Labute approximate surface area is 131 Å². The van der Waals surface area contributed by atoms with Crippen LogP contribution in [0.25, 0.3) is 0 Å². The summed E-state index contributed by atoms with van der Waals surface area (Å²) in [7, 11) is 0. The highest BCUT2D eigenvalue weighted by atomic mass is 32.1. The maximum atomic E-state index is 5.79. The first-order valence-corrected chi connectivity index (χ1v) is 7.31. The van der Waals surface area contributed by atoms with Gasteiger partial charge in [0.05, 0.1) is 11.8 Å². The van der Waals surface area contributed by atoms with E-state index in [-0.39, 0.29) is 6.10 Å². The largest absolute Gasteiger partial charge is 0.491 e. The van der Waals surface area contributed by atoms with Crippen molar-refractivity contribution in [2.24, 2.45) is 5.73 Å². The Hall–Kier alpha value is -2.07. The number of anilines is 2. The van der Waals surface area contributed by atoms with Crippen molar-refractivity contribution in [1.29, 1.82) is 0 Å². The van der Waals surface area contributed by atoms with Gasteiger partial charge in [-0.3, -0.25) is 0 Å². The van der Waals surface area contributed by atoms with Gasteiger partial charge >= 0.3 is 0 Å². The third kappa shape index (κ3) is 3.95. The molecule has 0 aliphatic heterocycles. The number of aryl methyl sites for hydroxylation is 1. The Morgan fingerprint density at radius 1 is 1.14 bits per heavy atom. The average Bonchev–Trinajstić information content (AvgIpc) is 2.42. The fourth-order valence-corrected chi connectivity index (χ4v) is 2.24. The molecule has 0 spiro atoms. The molecule has 0 saturated heterocycles. The molecule has 110 valence electrons. The summed E-state index contributed by atoms with van der Waals surface area (Å²) in [5.41, 5.74) is 9.66. The van der Waals surface area contributed by atoms with E-state index in [1.165, 1.54) is 0 Å². The highest BCUT2D eigenvalue weighted by molar-refractivity contribution is 7.80. The van der Waals surface area contributed by atoms with Gasteiger partial charge in [0.2, 0.25) is 0 Å². The summed E-state index contributed by atoms with van der Waals surface area (Å²) in [6, 6.07) is 13.8. The van der Waals surface area contributed by atoms with E-state index in [2.05, 4.69) is 5.32 Å². The smallest absolute Gasteiger partial charge is 0.119 e. The van der Waals surface area contributed by atoms with Crippen molar-refractivity contribution < 1.29 is 4.74 Å². The fourth-order valence-electron chi connectivity index (χ4n) is 2.07. The molecule has 0 unspecified atom stereocenters. The van der Waals surface area contributed by atoms with Crippen molar-refractivity contribution in [2.45, 2.75) is 26.9 Å². The molecule has 0 aliphatic carbocycles. The predicted octanol–water partition coefficient (Wildman–Crippen LogP) is 4.16. The molecule has 0 atom stereocenters. The second-order valence-electron chi connectivity index (χ2n) is 5.18. The number of rotatable bonds is 5. The second-order valence-corrected chi connectivity index (χ2v) is 5.62. The molecule has 2 rings (SSSR count). The maximum absolute atomic E-state index is 5.79. The zero-order valence-corrected chi connectivity index (χ0v) is 13.3. The van der Waals surface area contributed by atoms with E-state index in [0.717, 1.165) is 28.3 Å². The lowest BCUT2D eigenvalue weighted by Crippen LogP contribution is -2.12. The van der Waals surface area contributed by atoms with E-state index in [9.17, 15) is 0 Å². The van der Waals surface area contributed by atoms with E-state index in [4.69, 9.17) is 22.7 Å². The Morgan fingerprint density at radius 3 is 2.38 bits per heavy atom. The Kier molecular flexibility index (Phi) is 4.81. The van der Waals surface area contributed by atoms with Gasteiger partial charge in [0.1, 0.15) is 10.7 Å². The molecule has 0 aliphatic rings. The van der Waals surface area contributed by atoms with E-state index in [1.807, 2.05) is 63.2 Å². The average molecular weight is 300 g/mol. The number of nitrogens with two attached hydrogens (primary N) is 1. The summed E-state index contributed by atoms with van der Waals surface area (Å²) in [6.45, 7) is 6.04. The topological polar surface area (TPSA) is 47.3 Å². The molecule has 0 bridgehead atoms. The summed E-state index contributed by atoms with van der Waals surface area (Å²) in [5.74, 6) is 0.856. The first kappa shape index (κ1) is 15.3. The zero-order chi connectivity index (χ0) is 15.4. The van der Waals surface area contributed by atoms with Crippen LogP contribution in [0, 0.1) is 6.92 Å². The van der Waals surface area contributed by atoms with Crippen LogP contribution in [0.3, 0.4) is 0 Å². The highest BCUT2D eigenvalue weighted by Crippen LogP contribution is 2.26. The summed E-state index contributed by atoms with van der Waals surface area (Å²) in [6.07, 6.45) is 0.168. The minimum atomic E-state index is 0.168. The van der Waals surface area contributed by atoms with Crippen LogP contribution in [0.2, 0.25) is 0 Å².